The molecule has 1 amide bonds. The number of nitrogens with two attached hydrogens (primary N) is 1. The Bertz CT molecular complexity index is 671. The average molecular weight is 299 g/mol. The van der Waals surface area contributed by atoms with Gasteiger partial charge in [-0.25, -0.2) is 0 Å². The average Bonchev–Trinajstić information content (AvgIpc) is 2.80. The molecule has 0 aliphatic carbocycles. The Morgan fingerprint density at radius 2 is 2.00 bits per heavy atom. The second kappa shape index (κ2) is 6.79. The molecule has 4 heteroatoms. The number of carbonyl (C=O) groups is 1. The predicted octanol–water partition coefficient (Wildman–Crippen LogP) is 2.91. The Morgan fingerprint density at radius 1 is 1.27 bits per heavy atom. The topological polar surface area (TPSA) is 60.1 Å². The van der Waals surface area contributed by atoms with Crippen molar-refractivity contribution >= 4 is 5.91 Å². The van der Waals surface area contributed by atoms with Crippen LogP contribution in [-0.4, -0.2) is 23.6 Å². The molecule has 4 nitrogen and oxygen atoms in total. The van der Waals surface area contributed by atoms with Gasteiger partial charge in [-0.05, 0) is 43.5 Å². The summed E-state index contributed by atoms with van der Waals surface area (Å²) in [5, 5.41) is 2.83. The van der Waals surface area contributed by atoms with E-state index in [2.05, 4.69) is 48.0 Å². The fraction of sp³-hybridized carbons (Fsp3) is 0.389. The summed E-state index contributed by atoms with van der Waals surface area (Å²) in [7, 11) is 0. The van der Waals surface area contributed by atoms with Gasteiger partial charge in [-0.1, -0.05) is 26.0 Å². The monoisotopic (exact) mass is 299 g/mol. The van der Waals surface area contributed by atoms with Crippen LogP contribution in [0.1, 0.15) is 47.1 Å². The molecule has 3 N–H and O–H groups in total. The molecule has 0 unspecified atom stereocenters. The summed E-state index contributed by atoms with van der Waals surface area (Å²) < 4.78 is 2.13. The highest BCUT2D eigenvalue weighted by Crippen LogP contribution is 2.24. The van der Waals surface area contributed by atoms with E-state index in [1.165, 1.54) is 5.56 Å². The van der Waals surface area contributed by atoms with Crippen LogP contribution in [0.15, 0.2) is 30.3 Å². The van der Waals surface area contributed by atoms with Crippen molar-refractivity contribution in [3.8, 4) is 5.69 Å². The summed E-state index contributed by atoms with van der Waals surface area (Å²) in [6.45, 7) is 9.30. The molecular formula is C18H25N3O. The minimum Gasteiger partial charge on any atom is -0.351 e. The first-order valence-electron chi connectivity index (χ1n) is 7.73. The summed E-state index contributed by atoms with van der Waals surface area (Å²) in [5.74, 6) is 0.410. The molecule has 0 bridgehead atoms. The van der Waals surface area contributed by atoms with E-state index in [9.17, 15) is 4.79 Å². The van der Waals surface area contributed by atoms with Crippen LogP contribution in [0.2, 0.25) is 0 Å². The molecule has 2 rings (SSSR count). The smallest absolute Gasteiger partial charge is 0.253 e. The number of hydrogen-bond acceptors (Lipinski definition) is 2. The number of rotatable bonds is 5. The van der Waals surface area contributed by atoms with E-state index in [-0.39, 0.29) is 5.91 Å². The Balaban J connectivity index is 2.42. The first-order chi connectivity index (χ1) is 10.5. The third kappa shape index (κ3) is 3.22. The zero-order valence-electron chi connectivity index (χ0n) is 13.8. The van der Waals surface area contributed by atoms with Crippen LogP contribution in [-0.2, 0) is 0 Å². The number of aryl methyl sites for hydroxylation is 1. The van der Waals surface area contributed by atoms with Crippen molar-refractivity contribution < 1.29 is 4.79 Å². The molecule has 0 spiro atoms. The molecule has 0 radical (unpaired) electrons. The Kier molecular flexibility index (Phi) is 5.03. The normalized spacial score (nSPS) is 11.0. The maximum absolute atomic E-state index is 12.2. The Morgan fingerprint density at radius 3 is 2.64 bits per heavy atom. The number of hydrogen-bond donors (Lipinski definition) is 2. The molecule has 0 saturated heterocycles. The van der Waals surface area contributed by atoms with Crippen LogP contribution in [0.4, 0.5) is 0 Å². The molecule has 1 aromatic carbocycles. The molecule has 0 atom stereocenters. The standard InChI is InChI=1S/C18H25N3O/c1-12(2)15-6-5-7-16(11-15)21-13(3)10-17(14(21)4)18(22)20-9-8-19/h5-7,10-12H,8-9,19H2,1-4H3,(H,20,22). The van der Waals surface area contributed by atoms with Gasteiger partial charge in [0.25, 0.3) is 5.91 Å². The van der Waals surface area contributed by atoms with E-state index in [0.717, 1.165) is 17.1 Å². The van der Waals surface area contributed by atoms with Crippen LogP contribution < -0.4 is 11.1 Å². The second-order valence-electron chi connectivity index (χ2n) is 5.91. The minimum atomic E-state index is -0.0650. The highest BCUT2D eigenvalue weighted by atomic mass is 16.1. The Hall–Kier alpha value is -2.07. The Labute approximate surface area is 132 Å². The number of benzene rings is 1. The molecule has 2 aromatic rings. The van der Waals surface area contributed by atoms with Gasteiger partial charge in [-0.3, -0.25) is 4.79 Å². The maximum atomic E-state index is 12.2. The lowest BCUT2D eigenvalue weighted by molar-refractivity contribution is 0.0954. The van der Waals surface area contributed by atoms with E-state index in [4.69, 9.17) is 5.73 Å². The first kappa shape index (κ1) is 16.3. The summed E-state index contributed by atoms with van der Waals surface area (Å²) in [4.78, 5) is 12.2. The molecule has 118 valence electrons. The van der Waals surface area contributed by atoms with Gasteiger partial charge >= 0.3 is 0 Å². The molecule has 1 heterocycles. The lowest BCUT2D eigenvalue weighted by Gasteiger charge is -2.13. The first-order valence-corrected chi connectivity index (χ1v) is 7.73. The summed E-state index contributed by atoms with van der Waals surface area (Å²) in [5.41, 5.74) is 10.5. The van der Waals surface area contributed by atoms with Gasteiger partial charge in [0.15, 0.2) is 0 Å². The van der Waals surface area contributed by atoms with E-state index >= 15 is 0 Å². The third-order valence-electron chi connectivity index (χ3n) is 3.90. The summed E-state index contributed by atoms with van der Waals surface area (Å²) in [6, 6.07) is 10.4. The molecule has 22 heavy (non-hydrogen) atoms. The maximum Gasteiger partial charge on any atom is 0.253 e. The van der Waals surface area contributed by atoms with Gasteiger partial charge in [0.1, 0.15) is 0 Å². The van der Waals surface area contributed by atoms with Gasteiger partial charge in [0.2, 0.25) is 0 Å². The van der Waals surface area contributed by atoms with Gasteiger partial charge < -0.3 is 15.6 Å². The molecule has 0 aliphatic rings. The van der Waals surface area contributed by atoms with Gasteiger partial charge in [-0.15, -0.1) is 0 Å². The fourth-order valence-corrected chi connectivity index (χ4v) is 2.69. The van der Waals surface area contributed by atoms with Crippen molar-refractivity contribution in [3.05, 3.63) is 52.8 Å². The molecule has 0 aliphatic heterocycles. The SMILES string of the molecule is Cc1cc(C(=O)NCCN)c(C)n1-c1cccc(C(C)C)c1. The van der Waals surface area contributed by atoms with Crippen LogP contribution in [0.25, 0.3) is 5.69 Å². The van der Waals surface area contributed by atoms with Crippen LogP contribution >= 0.6 is 0 Å². The largest absolute Gasteiger partial charge is 0.351 e. The number of aromatic nitrogens is 1. The van der Waals surface area contributed by atoms with Gasteiger partial charge in [0, 0.05) is 30.2 Å². The second-order valence-corrected chi connectivity index (χ2v) is 5.91. The quantitative estimate of drug-likeness (QED) is 0.892. The van der Waals surface area contributed by atoms with Crippen molar-refractivity contribution in [1.82, 2.24) is 9.88 Å². The number of carbonyl (C=O) groups excluding carboxylic acids is 1. The number of amides is 1. The van der Waals surface area contributed by atoms with E-state index < -0.39 is 0 Å². The van der Waals surface area contributed by atoms with E-state index in [1.54, 1.807) is 0 Å². The van der Waals surface area contributed by atoms with Gasteiger partial charge in [0.05, 0.1) is 5.56 Å². The highest BCUT2D eigenvalue weighted by molar-refractivity contribution is 5.95. The van der Waals surface area contributed by atoms with Crippen molar-refractivity contribution in [2.24, 2.45) is 5.73 Å². The van der Waals surface area contributed by atoms with Crippen molar-refractivity contribution in [3.63, 3.8) is 0 Å². The van der Waals surface area contributed by atoms with Crippen LogP contribution in [0.3, 0.4) is 0 Å². The summed E-state index contributed by atoms with van der Waals surface area (Å²) >= 11 is 0. The number of nitrogens with zero attached hydrogens (tertiary/aromatic N) is 1. The highest BCUT2D eigenvalue weighted by Gasteiger charge is 2.16. The zero-order valence-corrected chi connectivity index (χ0v) is 13.8. The predicted molar refractivity (Wildman–Crippen MR) is 90.7 cm³/mol. The van der Waals surface area contributed by atoms with Gasteiger partial charge in [-0.2, -0.15) is 0 Å². The third-order valence-corrected chi connectivity index (χ3v) is 3.90. The van der Waals surface area contributed by atoms with E-state index in [0.29, 0.717) is 24.6 Å². The number of nitrogens with one attached hydrogen (secondary N) is 1. The van der Waals surface area contributed by atoms with Crippen molar-refractivity contribution in [2.75, 3.05) is 13.1 Å². The fourth-order valence-electron chi connectivity index (χ4n) is 2.69. The van der Waals surface area contributed by atoms with E-state index in [1.807, 2.05) is 19.9 Å². The lowest BCUT2D eigenvalue weighted by Crippen LogP contribution is -2.29. The molecule has 0 fully saturated rings. The minimum absolute atomic E-state index is 0.0650. The zero-order chi connectivity index (χ0) is 16.3. The van der Waals surface area contributed by atoms with Crippen molar-refractivity contribution in [2.45, 2.75) is 33.6 Å². The van der Waals surface area contributed by atoms with Crippen LogP contribution in [0.5, 0.6) is 0 Å². The van der Waals surface area contributed by atoms with Crippen molar-refractivity contribution in [1.29, 1.82) is 0 Å². The lowest BCUT2D eigenvalue weighted by atomic mass is 10.0. The van der Waals surface area contributed by atoms with Crippen LogP contribution in [0, 0.1) is 13.8 Å². The molecule has 0 saturated carbocycles. The summed E-state index contributed by atoms with van der Waals surface area (Å²) in [6.07, 6.45) is 0. The molecular weight excluding hydrogens is 274 g/mol. The molecule has 1 aromatic heterocycles.